The molecular formula is C19H27N3O3Si. The Labute approximate surface area is 155 Å². The molecule has 0 bridgehead atoms. The van der Waals surface area contributed by atoms with Crippen LogP contribution in [0.25, 0.3) is 11.0 Å². The van der Waals surface area contributed by atoms with Crippen molar-refractivity contribution in [3.8, 4) is 11.8 Å². The highest BCUT2D eigenvalue weighted by Crippen LogP contribution is 2.32. The number of imidazole rings is 1. The first-order chi connectivity index (χ1) is 12.4. The van der Waals surface area contributed by atoms with Crippen LogP contribution in [0.15, 0.2) is 12.1 Å². The second-order valence-corrected chi connectivity index (χ2v) is 13.8. The number of aromatic nitrogens is 2. The van der Waals surface area contributed by atoms with Gasteiger partial charge in [-0.1, -0.05) is 19.6 Å². The third kappa shape index (κ3) is 4.64. The minimum absolute atomic E-state index is 0.174. The summed E-state index contributed by atoms with van der Waals surface area (Å²) in [6.07, 6.45) is 2.39. The minimum Gasteiger partial charge on any atom is -0.492 e. The van der Waals surface area contributed by atoms with Gasteiger partial charge in [-0.25, -0.2) is 4.98 Å². The van der Waals surface area contributed by atoms with E-state index < -0.39 is 8.07 Å². The second-order valence-electron chi connectivity index (χ2n) is 8.17. The van der Waals surface area contributed by atoms with Crippen molar-refractivity contribution in [3.63, 3.8) is 0 Å². The Kier molecular flexibility index (Phi) is 5.66. The predicted molar refractivity (Wildman–Crippen MR) is 103 cm³/mol. The SMILES string of the molecule is C[Si](C)(C)CCOCn1c(CO)nc2cc(C#N)c(OCC3CC3)cc21. The van der Waals surface area contributed by atoms with E-state index in [0.29, 0.717) is 48.5 Å². The molecule has 26 heavy (non-hydrogen) atoms. The fraction of sp³-hybridized carbons (Fsp3) is 0.579. The number of hydrogen-bond acceptors (Lipinski definition) is 5. The van der Waals surface area contributed by atoms with Crippen LogP contribution in [0.3, 0.4) is 0 Å². The molecule has 0 saturated heterocycles. The minimum atomic E-state index is -1.15. The molecule has 7 heteroatoms. The Balaban J connectivity index is 1.83. The smallest absolute Gasteiger partial charge is 0.139 e. The van der Waals surface area contributed by atoms with E-state index in [1.807, 2.05) is 10.6 Å². The van der Waals surface area contributed by atoms with Crippen LogP contribution >= 0.6 is 0 Å². The van der Waals surface area contributed by atoms with Crippen molar-refractivity contribution in [2.24, 2.45) is 5.92 Å². The number of aliphatic hydroxyl groups is 1. The van der Waals surface area contributed by atoms with Crippen LogP contribution in [0.1, 0.15) is 24.2 Å². The van der Waals surface area contributed by atoms with Crippen LogP contribution in [-0.2, 0) is 18.1 Å². The van der Waals surface area contributed by atoms with E-state index >= 15 is 0 Å². The summed E-state index contributed by atoms with van der Waals surface area (Å²) in [7, 11) is -1.15. The van der Waals surface area contributed by atoms with Crippen LogP contribution in [0, 0.1) is 17.2 Å². The van der Waals surface area contributed by atoms with Crippen LogP contribution in [0.4, 0.5) is 0 Å². The van der Waals surface area contributed by atoms with Crippen LogP contribution in [-0.4, -0.2) is 35.9 Å². The van der Waals surface area contributed by atoms with Gasteiger partial charge in [0.2, 0.25) is 0 Å². The van der Waals surface area contributed by atoms with Crippen LogP contribution < -0.4 is 4.74 Å². The van der Waals surface area contributed by atoms with E-state index in [0.717, 1.165) is 11.6 Å². The van der Waals surface area contributed by atoms with Crippen LogP contribution in [0.2, 0.25) is 25.7 Å². The number of nitriles is 1. The molecule has 1 fully saturated rings. The van der Waals surface area contributed by atoms with Crippen molar-refractivity contribution in [1.82, 2.24) is 9.55 Å². The van der Waals surface area contributed by atoms with Gasteiger partial charge in [-0.15, -0.1) is 0 Å². The standard InChI is InChI=1S/C19H27N3O3Si/c1-26(2,3)7-6-24-13-22-17-9-18(25-12-14-4-5-14)15(10-20)8-16(17)21-19(22)11-23/h8-9,14,23H,4-7,11-13H2,1-3H3. The monoisotopic (exact) mass is 373 g/mol. The van der Waals surface area contributed by atoms with E-state index in [2.05, 4.69) is 30.7 Å². The second kappa shape index (κ2) is 7.78. The fourth-order valence-electron chi connectivity index (χ4n) is 2.70. The van der Waals surface area contributed by atoms with E-state index in [1.165, 1.54) is 12.8 Å². The highest BCUT2D eigenvalue weighted by Gasteiger charge is 2.23. The molecule has 0 radical (unpaired) electrons. The zero-order chi connectivity index (χ0) is 18.7. The molecule has 0 amide bonds. The quantitative estimate of drug-likeness (QED) is 0.537. The molecule has 6 nitrogen and oxygen atoms in total. The van der Waals surface area contributed by atoms with Crippen molar-refractivity contribution in [1.29, 1.82) is 5.26 Å². The normalized spacial score (nSPS) is 14.6. The molecule has 1 aliphatic rings. The van der Waals surface area contributed by atoms with Crippen LogP contribution in [0.5, 0.6) is 5.75 Å². The number of nitrogens with zero attached hydrogens (tertiary/aromatic N) is 3. The van der Waals surface area contributed by atoms with Gasteiger partial charge in [0.1, 0.15) is 31.0 Å². The summed E-state index contributed by atoms with van der Waals surface area (Å²) in [6.45, 7) is 8.45. The highest BCUT2D eigenvalue weighted by molar-refractivity contribution is 6.76. The van der Waals surface area contributed by atoms with Gasteiger partial charge >= 0.3 is 0 Å². The van der Waals surface area contributed by atoms with Crippen molar-refractivity contribution >= 4 is 19.1 Å². The Hall–Kier alpha value is -1.88. The first-order valence-corrected chi connectivity index (χ1v) is 12.9. The molecule has 0 aliphatic heterocycles. The molecule has 1 heterocycles. The molecule has 2 aromatic rings. The predicted octanol–water partition coefficient (Wildman–Crippen LogP) is 3.50. The van der Waals surface area contributed by atoms with Gasteiger partial charge in [0.25, 0.3) is 0 Å². The van der Waals surface area contributed by atoms with Crippen molar-refractivity contribution in [2.75, 3.05) is 13.2 Å². The average Bonchev–Trinajstić information content (AvgIpc) is 3.36. The van der Waals surface area contributed by atoms with Gasteiger partial charge in [0.05, 0.1) is 23.2 Å². The number of hydrogen-bond donors (Lipinski definition) is 1. The Morgan fingerprint density at radius 2 is 2.12 bits per heavy atom. The molecule has 1 N–H and O–H groups in total. The lowest BCUT2D eigenvalue weighted by Crippen LogP contribution is -2.22. The first kappa shape index (κ1) is 18.9. The zero-order valence-electron chi connectivity index (χ0n) is 15.8. The molecule has 0 unspecified atom stereocenters. The fourth-order valence-corrected chi connectivity index (χ4v) is 3.46. The van der Waals surface area contributed by atoms with Gasteiger partial charge in [-0.3, -0.25) is 0 Å². The van der Waals surface area contributed by atoms with E-state index in [1.54, 1.807) is 6.07 Å². The first-order valence-electron chi connectivity index (χ1n) is 9.16. The van der Waals surface area contributed by atoms with E-state index in [9.17, 15) is 10.4 Å². The van der Waals surface area contributed by atoms with Crippen molar-refractivity contribution in [2.45, 2.75) is 51.9 Å². The summed E-state index contributed by atoms with van der Waals surface area (Å²) >= 11 is 0. The number of aliphatic hydroxyl groups excluding tert-OH is 1. The van der Waals surface area contributed by atoms with Crippen molar-refractivity contribution in [3.05, 3.63) is 23.5 Å². The van der Waals surface area contributed by atoms with Crippen molar-refractivity contribution < 1.29 is 14.6 Å². The molecule has 1 aliphatic carbocycles. The lowest BCUT2D eigenvalue weighted by atomic mass is 10.2. The maximum atomic E-state index is 9.66. The molecule has 1 saturated carbocycles. The summed E-state index contributed by atoms with van der Waals surface area (Å²) in [6, 6.07) is 6.85. The summed E-state index contributed by atoms with van der Waals surface area (Å²) < 4.78 is 13.6. The lowest BCUT2D eigenvalue weighted by molar-refractivity contribution is 0.0845. The Morgan fingerprint density at radius 1 is 1.35 bits per heavy atom. The summed E-state index contributed by atoms with van der Waals surface area (Å²) in [4.78, 5) is 4.45. The van der Waals surface area contributed by atoms with E-state index in [-0.39, 0.29) is 6.61 Å². The van der Waals surface area contributed by atoms with E-state index in [4.69, 9.17) is 9.47 Å². The van der Waals surface area contributed by atoms with Gasteiger partial charge in [0, 0.05) is 20.7 Å². The number of benzene rings is 1. The van der Waals surface area contributed by atoms with Gasteiger partial charge in [-0.05, 0) is 30.9 Å². The van der Waals surface area contributed by atoms with Gasteiger partial charge < -0.3 is 19.1 Å². The zero-order valence-corrected chi connectivity index (χ0v) is 16.8. The molecule has 1 aromatic heterocycles. The third-order valence-corrected chi connectivity index (χ3v) is 6.28. The number of rotatable bonds is 9. The Morgan fingerprint density at radius 3 is 2.73 bits per heavy atom. The topological polar surface area (TPSA) is 80.3 Å². The summed E-state index contributed by atoms with van der Waals surface area (Å²) in [5.41, 5.74) is 1.98. The van der Waals surface area contributed by atoms with Gasteiger partial charge in [-0.2, -0.15) is 5.26 Å². The molecule has 3 rings (SSSR count). The average molecular weight is 374 g/mol. The largest absolute Gasteiger partial charge is 0.492 e. The highest BCUT2D eigenvalue weighted by atomic mass is 28.3. The number of fused-ring (bicyclic) bond motifs is 1. The van der Waals surface area contributed by atoms with Gasteiger partial charge in [0.15, 0.2) is 0 Å². The lowest BCUT2D eigenvalue weighted by Gasteiger charge is -2.16. The third-order valence-electron chi connectivity index (χ3n) is 4.58. The molecule has 1 aromatic carbocycles. The Bertz CT molecular complexity index is 816. The maximum absolute atomic E-state index is 9.66. The summed E-state index contributed by atoms with van der Waals surface area (Å²) in [5, 5.41) is 19.1. The molecule has 140 valence electrons. The molecule has 0 spiro atoms. The molecule has 0 atom stereocenters. The summed E-state index contributed by atoms with van der Waals surface area (Å²) in [5.74, 6) is 1.73. The molecular weight excluding hydrogens is 346 g/mol. The maximum Gasteiger partial charge on any atom is 0.139 e. The number of ether oxygens (including phenoxy) is 2.